The van der Waals surface area contributed by atoms with Gasteiger partial charge in [-0.05, 0) is 60.0 Å². The van der Waals surface area contributed by atoms with Crippen LogP contribution in [-0.2, 0) is 6.54 Å². The summed E-state index contributed by atoms with van der Waals surface area (Å²) in [6.07, 6.45) is 5.34. The summed E-state index contributed by atoms with van der Waals surface area (Å²) in [5.41, 5.74) is 6.85. The van der Waals surface area contributed by atoms with Crippen molar-refractivity contribution < 1.29 is 4.79 Å². The smallest absolute Gasteiger partial charge is 0.270 e. The van der Waals surface area contributed by atoms with E-state index < -0.39 is 0 Å². The predicted molar refractivity (Wildman–Crippen MR) is 82.5 cm³/mol. The number of halogens is 1. The summed E-state index contributed by atoms with van der Waals surface area (Å²) in [6.45, 7) is 4.66. The number of rotatable bonds is 2. The van der Waals surface area contributed by atoms with E-state index in [0.717, 1.165) is 42.6 Å². The van der Waals surface area contributed by atoms with E-state index in [2.05, 4.69) is 22.9 Å². The molecule has 0 aromatic carbocycles. The van der Waals surface area contributed by atoms with Crippen LogP contribution in [0.15, 0.2) is 16.7 Å². The van der Waals surface area contributed by atoms with Crippen LogP contribution in [0.2, 0.25) is 0 Å². The fraction of sp³-hybridized carbons (Fsp3) is 0.667. The van der Waals surface area contributed by atoms with E-state index in [-0.39, 0.29) is 5.91 Å². The van der Waals surface area contributed by atoms with Crippen LogP contribution in [-0.4, -0.2) is 34.5 Å². The van der Waals surface area contributed by atoms with Gasteiger partial charge in [0.15, 0.2) is 0 Å². The van der Waals surface area contributed by atoms with Gasteiger partial charge in [0.25, 0.3) is 5.91 Å². The number of carbonyl (C=O) groups excluding carboxylic acids is 1. The van der Waals surface area contributed by atoms with Crippen molar-refractivity contribution in [3.63, 3.8) is 0 Å². The fourth-order valence-electron chi connectivity index (χ4n) is 3.71. The Morgan fingerprint density at radius 1 is 1.40 bits per heavy atom. The quantitative estimate of drug-likeness (QED) is 0.899. The van der Waals surface area contributed by atoms with E-state index in [1.165, 1.54) is 6.42 Å². The van der Waals surface area contributed by atoms with Crippen molar-refractivity contribution in [1.82, 2.24) is 9.47 Å². The minimum atomic E-state index is 0.167. The molecule has 1 aliphatic carbocycles. The topological polar surface area (TPSA) is 51.3 Å². The highest BCUT2D eigenvalue weighted by Crippen LogP contribution is 2.36. The van der Waals surface area contributed by atoms with Crippen LogP contribution in [0.4, 0.5) is 0 Å². The van der Waals surface area contributed by atoms with E-state index in [4.69, 9.17) is 5.73 Å². The lowest BCUT2D eigenvalue weighted by Crippen LogP contribution is -2.32. The summed E-state index contributed by atoms with van der Waals surface area (Å²) >= 11 is 3.46. The summed E-state index contributed by atoms with van der Waals surface area (Å²) in [5.74, 6) is 1.43. The van der Waals surface area contributed by atoms with Crippen LogP contribution in [0.1, 0.15) is 36.7 Å². The Morgan fingerprint density at radius 2 is 2.15 bits per heavy atom. The summed E-state index contributed by atoms with van der Waals surface area (Å²) in [6, 6.07) is 2.26. The Balaban J connectivity index is 1.75. The molecule has 2 heterocycles. The number of carbonyl (C=O) groups is 1. The number of hydrogen-bond acceptors (Lipinski definition) is 2. The molecule has 1 saturated carbocycles. The molecule has 1 aromatic rings. The van der Waals surface area contributed by atoms with E-state index in [9.17, 15) is 4.79 Å². The fourth-order valence-corrected chi connectivity index (χ4v) is 4.17. The van der Waals surface area contributed by atoms with Crippen molar-refractivity contribution in [2.24, 2.45) is 17.6 Å². The molecule has 1 aliphatic heterocycles. The largest absolute Gasteiger partial charge is 0.343 e. The lowest BCUT2D eigenvalue weighted by atomic mass is 9.79. The van der Waals surface area contributed by atoms with E-state index in [1.54, 1.807) is 0 Å². The maximum Gasteiger partial charge on any atom is 0.270 e. The maximum absolute atomic E-state index is 12.7. The van der Waals surface area contributed by atoms with Gasteiger partial charge in [0, 0.05) is 36.3 Å². The van der Waals surface area contributed by atoms with Crippen LogP contribution in [0, 0.1) is 11.8 Å². The lowest BCUT2D eigenvalue weighted by Gasteiger charge is -2.27. The van der Waals surface area contributed by atoms with Crippen molar-refractivity contribution in [1.29, 1.82) is 0 Å². The highest BCUT2D eigenvalue weighted by molar-refractivity contribution is 9.10. The zero-order valence-electron chi connectivity index (χ0n) is 11.9. The number of aromatic nitrogens is 1. The first-order valence-corrected chi connectivity index (χ1v) is 8.28. The van der Waals surface area contributed by atoms with Gasteiger partial charge < -0.3 is 15.2 Å². The second-order valence-corrected chi connectivity index (χ2v) is 7.05. The maximum atomic E-state index is 12.7. The molecule has 1 unspecified atom stereocenters. The zero-order valence-corrected chi connectivity index (χ0v) is 13.5. The molecule has 0 bridgehead atoms. The Kier molecular flexibility index (Phi) is 3.91. The molecule has 1 saturated heterocycles. The Bertz CT molecular complexity index is 513. The second kappa shape index (κ2) is 5.53. The van der Waals surface area contributed by atoms with Gasteiger partial charge >= 0.3 is 0 Å². The minimum absolute atomic E-state index is 0.167. The third kappa shape index (κ3) is 2.53. The number of fused-ring (bicyclic) bond motifs is 1. The SMILES string of the molecule is CCn1cc(Br)cc1C(=O)N1C[C@H]2CCC(N)C[C@H]2C1. The number of hydrogen-bond donors (Lipinski definition) is 1. The molecule has 20 heavy (non-hydrogen) atoms. The van der Waals surface area contributed by atoms with Crippen LogP contribution < -0.4 is 5.73 Å². The average molecular weight is 340 g/mol. The monoisotopic (exact) mass is 339 g/mol. The van der Waals surface area contributed by atoms with Gasteiger partial charge in [-0.25, -0.2) is 0 Å². The second-order valence-electron chi connectivity index (χ2n) is 6.13. The summed E-state index contributed by atoms with van der Waals surface area (Å²) in [4.78, 5) is 14.7. The molecule has 3 rings (SSSR count). The van der Waals surface area contributed by atoms with Gasteiger partial charge in [0.2, 0.25) is 0 Å². The molecule has 4 nitrogen and oxygen atoms in total. The predicted octanol–water partition coefficient (Wildman–Crippen LogP) is 2.47. The summed E-state index contributed by atoms with van der Waals surface area (Å²) in [7, 11) is 0. The first-order chi connectivity index (χ1) is 9.58. The standard InChI is InChI=1S/C15H22BrN3O/c1-2-18-9-12(16)6-14(18)15(20)19-7-10-3-4-13(17)5-11(10)8-19/h6,9-11,13H,2-5,7-8,17H2,1H3/t10-,11+,13?/m1/s1. The normalized spacial score (nSPS) is 29.6. The molecule has 0 radical (unpaired) electrons. The van der Waals surface area contributed by atoms with Crippen molar-refractivity contribution >= 4 is 21.8 Å². The first kappa shape index (κ1) is 14.1. The first-order valence-electron chi connectivity index (χ1n) is 7.49. The van der Waals surface area contributed by atoms with Crippen molar-refractivity contribution in [2.45, 2.75) is 38.8 Å². The van der Waals surface area contributed by atoms with Crippen LogP contribution in [0.5, 0.6) is 0 Å². The van der Waals surface area contributed by atoms with Gasteiger partial charge in [0.1, 0.15) is 5.69 Å². The lowest BCUT2D eigenvalue weighted by molar-refractivity contribution is 0.0773. The molecule has 2 fully saturated rings. The van der Waals surface area contributed by atoms with Crippen molar-refractivity contribution in [2.75, 3.05) is 13.1 Å². The van der Waals surface area contributed by atoms with Gasteiger partial charge in [-0.3, -0.25) is 4.79 Å². The Labute approximate surface area is 128 Å². The van der Waals surface area contributed by atoms with E-state index >= 15 is 0 Å². The molecule has 3 atom stereocenters. The number of amides is 1. The van der Waals surface area contributed by atoms with E-state index in [0.29, 0.717) is 17.9 Å². The zero-order chi connectivity index (χ0) is 14.3. The molecular weight excluding hydrogens is 318 g/mol. The molecular formula is C15H22BrN3O. The summed E-state index contributed by atoms with van der Waals surface area (Å²) in [5, 5.41) is 0. The molecule has 2 aliphatic rings. The molecule has 2 N–H and O–H groups in total. The van der Waals surface area contributed by atoms with Crippen molar-refractivity contribution in [3.8, 4) is 0 Å². The number of nitrogens with two attached hydrogens (primary N) is 1. The van der Waals surface area contributed by atoms with Crippen molar-refractivity contribution in [3.05, 3.63) is 22.4 Å². The van der Waals surface area contributed by atoms with E-state index in [1.807, 2.05) is 21.7 Å². The average Bonchev–Trinajstić information content (AvgIpc) is 3.00. The van der Waals surface area contributed by atoms with Crippen LogP contribution >= 0.6 is 15.9 Å². The number of likely N-dealkylation sites (tertiary alicyclic amines) is 1. The Morgan fingerprint density at radius 3 is 2.90 bits per heavy atom. The van der Waals surface area contributed by atoms with Gasteiger partial charge in [0.05, 0.1) is 0 Å². The van der Waals surface area contributed by atoms with Gasteiger partial charge in [-0.1, -0.05) is 0 Å². The third-order valence-corrected chi connectivity index (χ3v) is 5.23. The Hall–Kier alpha value is -0.810. The molecule has 1 amide bonds. The number of nitrogens with zero attached hydrogens (tertiary/aromatic N) is 2. The van der Waals surface area contributed by atoms with Crippen LogP contribution in [0.25, 0.3) is 0 Å². The molecule has 110 valence electrons. The molecule has 1 aromatic heterocycles. The van der Waals surface area contributed by atoms with Gasteiger partial charge in [-0.2, -0.15) is 0 Å². The van der Waals surface area contributed by atoms with Crippen LogP contribution in [0.3, 0.4) is 0 Å². The minimum Gasteiger partial charge on any atom is -0.343 e. The third-order valence-electron chi connectivity index (χ3n) is 4.80. The highest BCUT2D eigenvalue weighted by Gasteiger charge is 2.39. The molecule has 0 spiro atoms. The number of aryl methyl sites for hydroxylation is 1. The van der Waals surface area contributed by atoms with Gasteiger partial charge in [-0.15, -0.1) is 0 Å². The summed E-state index contributed by atoms with van der Waals surface area (Å²) < 4.78 is 2.99. The highest BCUT2D eigenvalue weighted by atomic mass is 79.9. The molecule has 5 heteroatoms.